The van der Waals surface area contributed by atoms with E-state index in [0.29, 0.717) is 69.4 Å². The molecule has 0 spiro atoms. The molecule has 25 heteroatoms. The van der Waals surface area contributed by atoms with E-state index in [1.807, 2.05) is 54.7 Å². The smallest absolute Gasteiger partial charge is 0.113 e. The summed E-state index contributed by atoms with van der Waals surface area (Å²) in [6.07, 6.45) is 13.3. The number of aryl methyl sites for hydroxylation is 1. The van der Waals surface area contributed by atoms with E-state index < -0.39 is 5.82 Å². The van der Waals surface area contributed by atoms with E-state index in [1.54, 1.807) is 147 Å². The van der Waals surface area contributed by atoms with Crippen molar-refractivity contribution in [1.29, 1.82) is 36.8 Å². The molecule has 6 heterocycles. The Morgan fingerprint density at radius 2 is 0.861 bits per heavy atom. The van der Waals surface area contributed by atoms with E-state index in [9.17, 15) is 4.39 Å². The molecule has 0 aliphatic heterocycles. The average molecular weight is 2030 g/mol. The van der Waals surface area contributed by atoms with Gasteiger partial charge in [0, 0.05) is 173 Å². The molecule has 18 nitrogen and oxygen atoms in total. The van der Waals surface area contributed by atoms with Crippen LogP contribution in [-0.4, -0.2) is 65.4 Å². The van der Waals surface area contributed by atoms with Gasteiger partial charge in [-0.3, -0.25) is 14.4 Å². The van der Waals surface area contributed by atoms with Crippen LogP contribution in [0.5, 0.6) is 5.75 Å². The summed E-state index contributed by atoms with van der Waals surface area (Å²) in [5, 5.41) is 68.7. The predicted octanol–water partition coefficient (Wildman–Crippen LogP) is 13.7. The van der Waals surface area contributed by atoms with E-state index in [4.69, 9.17) is 46.3 Å². The summed E-state index contributed by atoms with van der Waals surface area (Å²) in [4.78, 5) is 28.5. The van der Waals surface area contributed by atoms with Crippen LogP contribution in [0.25, 0.3) is 67.7 Å². The van der Waals surface area contributed by atoms with Gasteiger partial charge >= 0.3 is 0 Å². The number of rotatable bonds is 12. The maximum atomic E-state index is 13.6. The third-order valence-corrected chi connectivity index (χ3v) is 12.6. The van der Waals surface area contributed by atoms with Gasteiger partial charge in [-0.05, 0) is 93.4 Å². The number of hydrogen-bond acceptors (Lipinski definition) is 18. The van der Waals surface area contributed by atoms with E-state index in [1.165, 1.54) is 36.5 Å². The van der Waals surface area contributed by atoms with Crippen molar-refractivity contribution in [2.75, 3.05) is 20.3 Å². The molecule has 0 amide bonds. The monoisotopic (exact) mass is 2030 g/mol. The van der Waals surface area contributed by atoms with Crippen molar-refractivity contribution in [2.24, 2.45) is 0 Å². The van der Waals surface area contributed by atoms with Crippen molar-refractivity contribution >= 4 is 0 Å². The van der Waals surface area contributed by atoms with Gasteiger partial charge in [0.15, 0.2) is 0 Å². The summed E-state index contributed by atoms with van der Waals surface area (Å²) in [5.41, 5.74) is 12.3. The van der Waals surface area contributed by atoms with Crippen molar-refractivity contribution in [3.05, 3.63) is 300 Å². The zero-order valence-corrected chi connectivity index (χ0v) is 64.2. The number of nitriles is 7. The second kappa shape index (κ2) is 50.3. The first-order valence-corrected chi connectivity index (χ1v) is 28.5. The minimum atomic E-state index is -0.611. The van der Waals surface area contributed by atoms with E-state index in [0.717, 1.165) is 57.9 Å². The zero-order chi connectivity index (χ0) is 67.2. The van der Waals surface area contributed by atoms with Gasteiger partial charge < -0.3 is 29.4 Å². The third kappa shape index (κ3) is 29.3. The molecule has 12 aromatic rings. The molecule has 0 saturated carbocycles. The van der Waals surface area contributed by atoms with Gasteiger partial charge in [-0.15, -0.1) is 167 Å². The molecule has 6 aromatic carbocycles. The summed E-state index contributed by atoms with van der Waals surface area (Å²) in [6, 6.07) is 80.8. The Morgan fingerprint density at radius 1 is 0.416 bits per heavy atom. The molecule has 0 aliphatic rings. The number of methoxy groups -OCH3 is 1. The number of pyridine rings is 4. The molecule has 0 fully saturated rings. The van der Waals surface area contributed by atoms with Crippen LogP contribution in [0.15, 0.2) is 213 Å². The molecule has 0 aliphatic carbocycles. The molecular weight excluding hydrogens is 1980 g/mol. The van der Waals surface area contributed by atoms with E-state index in [-0.39, 0.29) is 129 Å². The van der Waals surface area contributed by atoms with Gasteiger partial charge in [0.25, 0.3) is 0 Å². The number of halogens is 1. The van der Waals surface area contributed by atoms with Crippen LogP contribution in [0.3, 0.4) is 0 Å². The summed E-state index contributed by atoms with van der Waals surface area (Å²) in [5.74, 6) is 0.635. The molecule has 12 rings (SSSR count). The normalized spacial score (nSPS) is 8.99. The Hall–Kier alpha value is -10.1. The second-order valence-electron chi connectivity index (χ2n) is 19.1. The van der Waals surface area contributed by atoms with Crippen LogP contribution in [0.2, 0.25) is 0 Å². The first-order chi connectivity index (χ1) is 46.6. The van der Waals surface area contributed by atoms with Crippen LogP contribution < -0.4 is 4.74 Å². The quantitative estimate of drug-likeness (QED) is 0.0623. The minimum Gasteiger partial charge on any atom is -0.492 e. The van der Waals surface area contributed by atoms with Crippen molar-refractivity contribution in [2.45, 2.75) is 19.8 Å². The number of hydrogen-bond donors (Lipinski definition) is 0. The first kappa shape index (κ1) is 88.9. The van der Waals surface area contributed by atoms with Crippen LogP contribution in [0, 0.1) is 122 Å². The first-order valence-electron chi connectivity index (χ1n) is 28.5. The number of ether oxygens (including phenoxy) is 2. The molecular formula is C76H49FIr2N16O2Rh4-6. The Labute approximate surface area is 663 Å². The fourth-order valence-electron chi connectivity index (χ4n) is 8.09. The molecule has 6 radical (unpaired) electrons. The fourth-order valence-corrected chi connectivity index (χ4v) is 8.09. The van der Waals surface area contributed by atoms with Crippen molar-refractivity contribution in [3.8, 4) is 116 Å². The summed E-state index contributed by atoms with van der Waals surface area (Å²) in [6.45, 7) is 3.18. The fraction of sp³-hybridized carbons (Fsp3) is 0.0789. The van der Waals surface area contributed by atoms with Gasteiger partial charge in [0.2, 0.25) is 0 Å². The van der Waals surface area contributed by atoms with Crippen LogP contribution in [0.4, 0.5) is 4.39 Å². The van der Waals surface area contributed by atoms with Crippen molar-refractivity contribution < 1.29 is 132 Å². The number of aromatic nitrogens is 9. The zero-order valence-electron chi connectivity index (χ0n) is 52.9. The minimum absolute atomic E-state index is 0. The van der Waals surface area contributed by atoms with Crippen molar-refractivity contribution in [1.82, 2.24) is 45.1 Å². The topological polar surface area (TPSA) is 301 Å². The van der Waals surface area contributed by atoms with Gasteiger partial charge in [-0.1, -0.05) is 54.8 Å². The molecule has 0 N–H and O–H groups in total. The van der Waals surface area contributed by atoms with E-state index >= 15 is 0 Å². The summed E-state index contributed by atoms with van der Waals surface area (Å²) < 4.78 is 24.1. The largest absolute Gasteiger partial charge is 0.492 e. The van der Waals surface area contributed by atoms with Gasteiger partial charge in [0.1, 0.15) is 25.0 Å². The van der Waals surface area contributed by atoms with Crippen molar-refractivity contribution in [3.63, 3.8) is 0 Å². The Balaban J connectivity index is 0.000000600. The maximum absolute atomic E-state index is 13.6. The van der Waals surface area contributed by atoms with E-state index in [2.05, 4.69) is 119 Å². The Kier molecular flexibility index (Phi) is 44.3. The molecule has 0 unspecified atom stereocenters. The summed E-state index contributed by atoms with van der Waals surface area (Å²) >= 11 is 0. The number of benzene rings is 6. The van der Waals surface area contributed by atoms with Gasteiger partial charge in [-0.2, -0.15) is 41.9 Å². The number of nitrogens with zero attached hydrogens (tertiary/aromatic N) is 16. The van der Waals surface area contributed by atoms with Gasteiger partial charge in [0.05, 0.1) is 60.7 Å². The summed E-state index contributed by atoms with van der Waals surface area (Å²) in [7, 11) is 1.63. The maximum Gasteiger partial charge on any atom is 0.113 e. The Morgan fingerprint density at radius 3 is 1.34 bits per heavy atom. The standard InChI is InChI=1S/C15H13N2O2.C15H13N2.C13H6N3.C12H7N2.C11H5FN3.C10H5N4.2Ir.4Rh/c1-18-7-8-19-14-5-6-17-15(10-14)13-4-2-3-12(9-13)11-16;1-2-4-12-7-8-17-15(10-12)14-6-3-5-13(9-14)11-16;14-8-10-2-1-3-12(6-10)13-7-11(9-15)4-5-16-13;13-9-10-4-3-5-11(8-10)12-6-1-2-7-14-12;12-11-8(7-13)3-1-4-9(11)10-5-2-6-14-15-10;11-5-8-2-1-3-9(4-8)10-13-6-12-7-14-10;;;;;;/h2-3,5-6,9-10H,7-8H2,1H3;3,5,7-10H,2,4H2,1H3;1-2,4-7H;1-4,6-8H;1-3,5-6H;1-2,4,6-7H;;;;;;/q6*-1;;;;;;. The predicted molar refractivity (Wildman–Crippen MR) is 349 cm³/mol. The second-order valence-corrected chi connectivity index (χ2v) is 19.1. The molecule has 6 aromatic heterocycles. The molecule has 512 valence electrons. The molecule has 101 heavy (non-hydrogen) atoms. The van der Waals surface area contributed by atoms with Crippen LogP contribution in [-0.2, 0) is 129 Å². The molecule has 0 saturated heterocycles. The molecule has 0 bridgehead atoms. The third-order valence-electron chi connectivity index (χ3n) is 12.6. The average Bonchev–Trinajstić information content (AvgIpc) is 0.875. The van der Waals surface area contributed by atoms with Crippen LogP contribution in [0.1, 0.15) is 57.9 Å². The molecule has 0 atom stereocenters. The Bertz CT molecular complexity index is 4670. The SMILES string of the molecule is CCCc1ccnc(-c2[c-]ccc(C#N)c2)c1.COCCOc1ccnc(-c2[c-]ccc(C#N)c2)c1.N#Cc1cc[c-]c(-c2cc(C#N)ccn2)c1.N#Cc1cc[c-]c(-c2ccccn2)c1.N#Cc1cc[c-]c(-c2cccnn2)c1F.N#Cc1cc[c-]c(-c2ncncn2)c1.[Ir].[Ir].[Rh].[Rh].[Rh].[Rh]. The van der Waals surface area contributed by atoms with Crippen LogP contribution >= 0.6 is 0 Å². The van der Waals surface area contributed by atoms with Gasteiger partial charge in [-0.25, -0.2) is 10.1 Å².